The molecule has 0 fully saturated rings. The van der Waals surface area contributed by atoms with Crippen LogP contribution in [-0.4, -0.2) is 26.3 Å². The molecule has 0 saturated heterocycles. The van der Waals surface area contributed by atoms with Crippen molar-refractivity contribution in [2.45, 2.75) is 25.0 Å². The Morgan fingerprint density at radius 2 is 2.37 bits per heavy atom. The minimum atomic E-state index is -0.226. The van der Waals surface area contributed by atoms with E-state index in [1.807, 2.05) is 13.0 Å². The summed E-state index contributed by atoms with van der Waals surface area (Å²) in [6.45, 7) is 2.60. The standard InChI is InChI=1S/C11H12BrN3O2S2/c1-2-5-15-10(17)13-14-11(15)18-6-7(16)8-3-4-9(12)19-8/h3-4H,2,5-6H2,1H3,(H,13,17). The number of halogens is 1. The van der Waals surface area contributed by atoms with Crippen molar-refractivity contribution in [3.05, 3.63) is 31.3 Å². The molecule has 0 radical (unpaired) electrons. The van der Waals surface area contributed by atoms with E-state index in [9.17, 15) is 9.59 Å². The van der Waals surface area contributed by atoms with Gasteiger partial charge >= 0.3 is 5.69 Å². The van der Waals surface area contributed by atoms with Crippen molar-refractivity contribution in [1.82, 2.24) is 14.8 Å². The van der Waals surface area contributed by atoms with Crippen LogP contribution in [0.25, 0.3) is 0 Å². The zero-order valence-electron chi connectivity index (χ0n) is 10.2. The molecule has 0 bridgehead atoms. The van der Waals surface area contributed by atoms with Gasteiger partial charge in [0.1, 0.15) is 0 Å². The zero-order valence-corrected chi connectivity index (χ0v) is 13.4. The molecule has 5 nitrogen and oxygen atoms in total. The number of aromatic nitrogens is 3. The van der Waals surface area contributed by atoms with Gasteiger partial charge in [-0.15, -0.1) is 16.4 Å². The molecular weight excluding hydrogens is 350 g/mol. The van der Waals surface area contributed by atoms with Crippen LogP contribution in [0, 0.1) is 0 Å². The smallest absolute Gasteiger partial charge is 0.292 e. The Bertz CT molecular complexity index is 632. The first kappa shape index (κ1) is 14.5. The molecule has 102 valence electrons. The number of thioether (sulfide) groups is 1. The number of aromatic amines is 1. The summed E-state index contributed by atoms with van der Waals surface area (Å²) in [5.74, 6) is 0.320. The zero-order chi connectivity index (χ0) is 13.8. The second-order valence-corrected chi connectivity index (χ2v) is 7.18. The maximum atomic E-state index is 12.0. The molecule has 2 aromatic heterocycles. The third-order valence-corrected chi connectivity index (χ3v) is 4.99. The number of nitrogens with one attached hydrogen (secondary N) is 1. The predicted molar refractivity (Wildman–Crippen MR) is 80.2 cm³/mol. The SMILES string of the molecule is CCCn1c(SCC(=O)c2ccc(Br)s2)n[nH]c1=O. The fourth-order valence-electron chi connectivity index (χ4n) is 1.50. The third kappa shape index (κ3) is 3.58. The van der Waals surface area contributed by atoms with E-state index in [1.165, 1.54) is 23.1 Å². The van der Waals surface area contributed by atoms with Crippen LogP contribution in [0.3, 0.4) is 0 Å². The Labute approximate surface area is 126 Å². The van der Waals surface area contributed by atoms with Gasteiger partial charge < -0.3 is 0 Å². The molecule has 8 heteroatoms. The van der Waals surface area contributed by atoms with Crippen LogP contribution in [0.1, 0.15) is 23.0 Å². The molecule has 2 aromatic rings. The highest BCUT2D eigenvalue weighted by molar-refractivity contribution is 9.11. The van der Waals surface area contributed by atoms with Crippen molar-refractivity contribution in [1.29, 1.82) is 0 Å². The summed E-state index contributed by atoms with van der Waals surface area (Å²) in [5.41, 5.74) is -0.226. The van der Waals surface area contributed by atoms with E-state index >= 15 is 0 Å². The minimum Gasteiger partial charge on any atom is -0.292 e. The molecule has 1 N–H and O–H groups in total. The van der Waals surface area contributed by atoms with Crippen molar-refractivity contribution in [2.75, 3.05) is 5.75 Å². The van der Waals surface area contributed by atoms with Crippen LogP contribution in [0.15, 0.2) is 25.9 Å². The summed E-state index contributed by atoms with van der Waals surface area (Å²) in [7, 11) is 0. The van der Waals surface area contributed by atoms with E-state index in [0.29, 0.717) is 16.6 Å². The maximum absolute atomic E-state index is 12.0. The van der Waals surface area contributed by atoms with Gasteiger partial charge in [-0.25, -0.2) is 9.89 Å². The van der Waals surface area contributed by atoms with Gasteiger partial charge in [-0.05, 0) is 34.5 Å². The quantitative estimate of drug-likeness (QED) is 0.634. The second kappa shape index (κ2) is 6.53. The molecule has 2 heterocycles. The molecule has 2 rings (SSSR count). The average molecular weight is 362 g/mol. The lowest BCUT2D eigenvalue weighted by Gasteiger charge is -2.02. The fourth-order valence-corrected chi connectivity index (χ4v) is 3.77. The van der Waals surface area contributed by atoms with Gasteiger partial charge in [-0.2, -0.15) is 0 Å². The Balaban J connectivity index is 2.03. The van der Waals surface area contributed by atoms with Gasteiger partial charge in [0.2, 0.25) is 0 Å². The van der Waals surface area contributed by atoms with Crippen LogP contribution < -0.4 is 5.69 Å². The van der Waals surface area contributed by atoms with Crippen molar-refractivity contribution >= 4 is 44.8 Å². The van der Waals surface area contributed by atoms with Gasteiger partial charge in [0.15, 0.2) is 10.9 Å². The summed E-state index contributed by atoms with van der Waals surface area (Å²) < 4.78 is 2.49. The number of Topliss-reactive ketones (excluding diaryl/α,β-unsaturated/α-hetero) is 1. The number of nitrogens with zero attached hydrogens (tertiary/aromatic N) is 2. The molecule has 0 amide bonds. The molecule has 0 aromatic carbocycles. The van der Waals surface area contributed by atoms with E-state index < -0.39 is 0 Å². The van der Waals surface area contributed by atoms with Gasteiger partial charge in [0.05, 0.1) is 14.4 Å². The largest absolute Gasteiger partial charge is 0.343 e. The minimum absolute atomic E-state index is 0.0409. The lowest BCUT2D eigenvalue weighted by Crippen LogP contribution is -2.17. The first-order valence-electron chi connectivity index (χ1n) is 5.68. The van der Waals surface area contributed by atoms with Crippen LogP contribution in [0.5, 0.6) is 0 Å². The number of carbonyl (C=O) groups is 1. The number of thiophene rings is 1. The Kier molecular flexibility index (Phi) is 5.00. The van der Waals surface area contributed by atoms with Gasteiger partial charge in [-0.3, -0.25) is 9.36 Å². The van der Waals surface area contributed by atoms with Gasteiger partial charge in [-0.1, -0.05) is 18.7 Å². The normalized spacial score (nSPS) is 10.8. The van der Waals surface area contributed by atoms with E-state index in [2.05, 4.69) is 26.1 Å². The van der Waals surface area contributed by atoms with Crippen molar-refractivity contribution in [2.24, 2.45) is 0 Å². The molecule has 0 unspecified atom stereocenters. The maximum Gasteiger partial charge on any atom is 0.343 e. The van der Waals surface area contributed by atoms with E-state index in [4.69, 9.17) is 0 Å². The Hall–Kier alpha value is -0.860. The average Bonchev–Trinajstić information content (AvgIpc) is 2.96. The number of hydrogen-bond donors (Lipinski definition) is 1. The van der Waals surface area contributed by atoms with Crippen LogP contribution in [0.2, 0.25) is 0 Å². The summed E-state index contributed by atoms with van der Waals surface area (Å²) >= 11 is 6.02. The van der Waals surface area contributed by atoms with Gasteiger partial charge in [0.25, 0.3) is 0 Å². The highest BCUT2D eigenvalue weighted by Crippen LogP contribution is 2.24. The van der Waals surface area contributed by atoms with Crippen LogP contribution in [0.4, 0.5) is 0 Å². The molecule has 0 aliphatic heterocycles. The lowest BCUT2D eigenvalue weighted by molar-refractivity contribution is 0.102. The van der Waals surface area contributed by atoms with Crippen molar-refractivity contribution in [3.8, 4) is 0 Å². The third-order valence-electron chi connectivity index (χ3n) is 2.35. The van der Waals surface area contributed by atoms with E-state index in [0.717, 1.165) is 10.2 Å². The number of carbonyl (C=O) groups excluding carboxylic acids is 1. The topological polar surface area (TPSA) is 67.8 Å². The Morgan fingerprint density at radius 3 is 3.00 bits per heavy atom. The Morgan fingerprint density at radius 1 is 1.58 bits per heavy atom. The molecule has 0 spiro atoms. The summed E-state index contributed by atoms with van der Waals surface area (Å²) in [4.78, 5) is 24.1. The van der Waals surface area contributed by atoms with Crippen molar-refractivity contribution < 1.29 is 4.79 Å². The first-order chi connectivity index (χ1) is 9.11. The first-order valence-corrected chi connectivity index (χ1v) is 8.28. The summed E-state index contributed by atoms with van der Waals surface area (Å²) in [6.07, 6.45) is 0.846. The monoisotopic (exact) mass is 361 g/mol. The number of hydrogen-bond acceptors (Lipinski definition) is 5. The van der Waals surface area contributed by atoms with Crippen LogP contribution >= 0.6 is 39.0 Å². The van der Waals surface area contributed by atoms with Gasteiger partial charge in [0, 0.05) is 6.54 Å². The number of rotatable bonds is 6. The summed E-state index contributed by atoms with van der Waals surface area (Å²) in [6, 6.07) is 3.64. The molecule has 0 aliphatic carbocycles. The van der Waals surface area contributed by atoms with E-state index in [-0.39, 0.29) is 17.2 Å². The lowest BCUT2D eigenvalue weighted by atomic mass is 10.4. The molecule has 0 atom stereocenters. The molecule has 0 aliphatic rings. The van der Waals surface area contributed by atoms with E-state index in [1.54, 1.807) is 10.6 Å². The fraction of sp³-hybridized carbons (Fsp3) is 0.364. The molecule has 19 heavy (non-hydrogen) atoms. The molecular formula is C11H12BrN3O2S2. The highest BCUT2D eigenvalue weighted by atomic mass is 79.9. The number of H-pyrrole nitrogens is 1. The summed E-state index contributed by atoms with van der Waals surface area (Å²) in [5, 5.41) is 6.91. The van der Waals surface area contributed by atoms with Crippen molar-refractivity contribution in [3.63, 3.8) is 0 Å². The molecule has 0 saturated carbocycles. The second-order valence-electron chi connectivity index (χ2n) is 3.78. The number of ketones is 1. The van der Waals surface area contributed by atoms with Crippen LogP contribution in [-0.2, 0) is 6.54 Å². The predicted octanol–water partition coefficient (Wildman–Crippen LogP) is 2.78. The highest BCUT2D eigenvalue weighted by Gasteiger charge is 2.13.